The summed E-state index contributed by atoms with van der Waals surface area (Å²) in [5.41, 5.74) is 0.135. The molecule has 3 N–H and O–H groups in total. The lowest BCUT2D eigenvalue weighted by Crippen LogP contribution is -2.25. The second kappa shape index (κ2) is 2.80. The van der Waals surface area contributed by atoms with Crippen LogP contribution in [0.4, 0.5) is 0 Å². The fourth-order valence-corrected chi connectivity index (χ4v) is 1.26. The molecule has 0 aliphatic carbocycles. The average molecular weight is 187 g/mol. The number of aromatic hydroxyl groups is 2. The largest absolute Gasteiger partial charge is 0.504 e. The van der Waals surface area contributed by atoms with E-state index >= 15 is 0 Å². The standard InChI is InChI=1S/C9H6BNO3/c10-5-3-11-6-2-8(13)7(12)1-4(6)9(5)14/h1-3,12-13H,(H,11,14). The number of aromatic amines is 1. The molecule has 0 spiro atoms. The molecule has 0 saturated carbocycles. The van der Waals surface area contributed by atoms with Crippen molar-refractivity contribution in [2.45, 2.75) is 0 Å². The number of rotatable bonds is 0. The molecular formula is C9H6BNO3. The predicted octanol–water partition coefficient (Wildman–Crippen LogP) is -0.267. The highest BCUT2D eigenvalue weighted by atomic mass is 16.3. The molecule has 1 heterocycles. The Labute approximate surface area is 80.2 Å². The minimum absolute atomic E-state index is 0.0718. The zero-order valence-corrected chi connectivity index (χ0v) is 7.11. The number of H-pyrrole nitrogens is 1. The van der Waals surface area contributed by atoms with E-state index in [1.54, 1.807) is 0 Å². The summed E-state index contributed by atoms with van der Waals surface area (Å²) >= 11 is 0. The first-order valence-electron chi connectivity index (χ1n) is 3.92. The summed E-state index contributed by atoms with van der Waals surface area (Å²) in [6.07, 6.45) is 1.35. The van der Waals surface area contributed by atoms with Crippen LogP contribution in [0.2, 0.25) is 0 Å². The van der Waals surface area contributed by atoms with Crippen molar-refractivity contribution in [3.05, 3.63) is 28.6 Å². The van der Waals surface area contributed by atoms with Gasteiger partial charge in [-0.2, -0.15) is 0 Å². The van der Waals surface area contributed by atoms with Crippen LogP contribution in [-0.4, -0.2) is 23.0 Å². The first-order chi connectivity index (χ1) is 6.59. The van der Waals surface area contributed by atoms with E-state index in [1.807, 2.05) is 0 Å². The van der Waals surface area contributed by atoms with Crippen LogP contribution in [0.5, 0.6) is 11.5 Å². The third-order valence-electron chi connectivity index (χ3n) is 2.00. The molecule has 0 aliphatic rings. The topological polar surface area (TPSA) is 73.3 Å². The Bertz CT molecular complexity index is 562. The van der Waals surface area contributed by atoms with E-state index in [9.17, 15) is 15.0 Å². The molecule has 0 fully saturated rings. The summed E-state index contributed by atoms with van der Waals surface area (Å²) in [6, 6.07) is 2.45. The highest BCUT2D eigenvalue weighted by Gasteiger charge is 2.06. The van der Waals surface area contributed by atoms with Crippen LogP contribution in [0.1, 0.15) is 0 Å². The van der Waals surface area contributed by atoms with E-state index in [0.29, 0.717) is 5.52 Å². The van der Waals surface area contributed by atoms with E-state index < -0.39 is 0 Å². The summed E-state index contributed by atoms with van der Waals surface area (Å²) in [5, 5.41) is 18.6. The van der Waals surface area contributed by atoms with Crippen LogP contribution in [0.25, 0.3) is 10.9 Å². The molecule has 2 aromatic rings. The second-order valence-corrected chi connectivity index (χ2v) is 2.96. The summed E-state index contributed by atoms with van der Waals surface area (Å²) in [6.45, 7) is 0. The SMILES string of the molecule is [B]c1c[nH]c2cc(O)c(O)cc2c1=O. The number of hydrogen-bond acceptors (Lipinski definition) is 3. The summed E-state index contributed by atoms with van der Waals surface area (Å²) in [4.78, 5) is 14.2. The number of fused-ring (bicyclic) bond motifs is 1. The Morgan fingerprint density at radius 1 is 1.21 bits per heavy atom. The van der Waals surface area contributed by atoms with Gasteiger partial charge in [-0.05, 0) is 17.7 Å². The number of pyridine rings is 1. The zero-order valence-electron chi connectivity index (χ0n) is 7.11. The van der Waals surface area contributed by atoms with Gasteiger partial charge in [0.2, 0.25) is 0 Å². The molecule has 2 radical (unpaired) electrons. The maximum absolute atomic E-state index is 11.5. The molecule has 0 amide bonds. The molecule has 0 saturated heterocycles. The minimum Gasteiger partial charge on any atom is -0.504 e. The molecule has 68 valence electrons. The lowest BCUT2D eigenvalue weighted by molar-refractivity contribution is 0.405. The summed E-state index contributed by atoms with van der Waals surface area (Å²) in [5.74, 6) is -0.619. The lowest BCUT2D eigenvalue weighted by atomic mass is 9.96. The fourth-order valence-electron chi connectivity index (χ4n) is 1.26. The number of hydrogen-bond donors (Lipinski definition) is 3. The Morgan fingerprint density at radius 3 is 2.57 bits per heavy atom. The van der Waals surface area contributed by atoms with Gasteiger partial charge in [0.25, 0.3) is 0 Å². The number of nitrogens with one attached hydrogen (secondary N) is 1. The third-order valence-corrected chi connectivity index (χ3v) is 2.00. The van der Waals surface area contributed by atoms with Crippen LogP contribution < -0.4 is 10.9 Å². The van der Waals surface area contributed by atoms with Gasteiger partial charge in [0, 0.05) is 11.5 Å². The normalized spacial score (nSPS) is 10.6. The number of benzene rings is 1. The van der Waals surface area contributed by atoms with E-state index in [2.05, 4.69) is 4.98 Å². The molecule has 5 heteroatoms. The summed E-state index contributed by atoms with van der Waals surface area (Å²) in [7, 11) is 5.39. The first-order valence-corrected chi connectivity index (χ1v) is 3.92. The van der Waals surface area contributed by atoms with Gasteiger partial charge in [0.15, 0.2) is 16.9 Å². The quantitative estimate of drug-likeness (QED) is 0.392. The molecule has 0 aliphatic heterocycles. The van der Waals surface area contributed by atoms with Crippen molar-refractivity contribution < 1.29 is 10.2 Å². The van der Waals surface area contributed by atoms with E-state index in [0.717, 1.165) is 0 Å². The molecule has 2 rings (SSSR count). The smallest absolute Gasteiger partial charge is 0.182 e. The highest BCUT2D eigenvalue weighted by molar-refractivity contribution is 6.32. The number of phenols is 2. The Morgan fingerprint density at radius 2 is 1.86 bits per heavy atom. The van der Waals surface area contributed by atoms with Crippen molar-refractivity contribution in [1.29, 1.82) is 0 Å². The van der Waals surface area contributed by atoms with Crippen LogP contribution in [-0.2, 0) is 0 Å². The van der Waals surface area contributed by atoms with Crippen LogP contribution in [0.15, 0.2) is 23.1 Å². The van der Waals surface area contributed by atoms with E-state index in [-0.39, 0.29) is 27.8 Å². The maximum atomic E-state index is 11.5. The summed E-state index contributed by atoms with van der Waals surface area (Å²) < 4.78 is 0. The lowest BCUT2D eigenvalue weighted by Gasteiger charge is -2.02. The van der Waals surface area contributed by atoms with Gasteiger partial charge in [-0.1, -0.05) is 0 Å². The van der Waals surface area contributed by atoms with Crippen molar-refractivity contribution in [3.63, 3.8) is 0 Å². The number of phenolic OH excluding ortho intramolecular Hbond substituents is 2. The van der Waals surface area contributed by atoms with E-state index in [1.165, 1.54) is 18.3 Å². The molecule has 0 atom stereocenters. The Hall–Kier alpha value is -1.91. The Kier molecular flexibility index (Phi) is 1.74. The van der Waals surface area contributed by atoms with Gasteiger partial charge in [0.1, 0.15) is 7.85 Å². The van der Waals surface area contributed by atoms with Gasteiger partial charge in [-0.3, -0.25) is 4.79 Å². The van der Waals surface area contributed by atoms with E-state index in [4.69, 9.17) is 7.85 Å². The molecule has 1 aromatic heterocycles. The second-order valence-electron chi connectivity index (χ2n) is 2.96. The molecule has 14 heavy (non-hydrogen) atoms. The number of aromatic nitrogens is 1. The van der Waals surface area contributed by atoms with Crippen LogP contribution in [0, 0.1) is 0 Å². The molecule has 4 nitrogen and oxygen atoms in total. The molecular weight excluding hydrogens is 181 g/mol. The Balaban J connectivity index is 2.97. The minimum atomic E-state index is -0.367. The van der Waals surface area contributed by atoms with Crippen molar-refractivity contribution in [1.82, 2.24) is 4.98 Å². The fraction of sp³-hybridized carbons (Fsp3) is 0. The van der Waals surface area contributed by atoms with Gasteiger partial charge in [-0.15, -0.1) is 0 Å². The molecule has 0 bridgehead atoms. The zero-order chi connectivity index (χ0) is 10.3. The van der Waals surface area contributed by atoms with Crippen molar-refractivity contribution >= 4 is 24.2 Å². The molecule has 0 unspecified atom stereocenters. The first kappa shape index (κ1) is 8.68. The van der Waals surface area contributed by atoms with Crippen LogP contribution in [0.3, 0.4) is 0 Å². The monoisotopic (exact) mass is 187 g/mol. The third kappa shape index (κ3) is 1.14. The van der Waals surface area contributed by atoms with Gasteiger partial charge < -0.3 is 15.2 Å². The van der Waals surface area contributed by atoms with Gasteiger partial charge in [-0.25, -0.2) is 0 Å². The van der Waals surface area contributed by atoms with Gasteiger partial charge >= 0.3 is 0 Å². The molecule has 1 aromatic carbocycles. The van der Waals surface area contributed by atoms with Gasteiger partial charge in [0.05, 0.1) is 5.52 Å². The van der Waals surface area contributed by atoms with Crippen molar-refractivity contribution in [3.8, 4) is 11.5 Å². The van der Waals surface area contributed by atoms with Crippen LogP contribution >= 0.6 is 0 Å². The average Bonchev–Trinajstić information content (AvgIpc) is 2.15. The van der Waals surface area contributed by atoms with Crippen molar-refractivity contribution in [2.75, 3.05) is 0 Å². The highest BCUT2D eigenvalue weighted by Crippen LogP contribution is 2.27. The predicted molar refractivity (Wildman–Crippen MR) is 53.3 cm³/mol. The maximum Gasteiger partial charge on any atom is 0.182 e. The van der Waals surface area contributed by atoms with Crippen molar-refractivity contribution in [2.24, 2.45) is 0 Å².